The quantitative estimate of drug-likeness (QED) is 0.377. The maximum Gasteiger partial charge on any atom is 0.328 e. The summed E-state index contributed by atoms with van der Waals surface area (Å²) in [7, 11) is 1.24. The first-order valence-electron chi connectivity index (χ1n) is 4.84. The first kappa shape index (κ1) is 14.1. The molecular weight excluding hydrogens is 312 g/mol. The lowest BCUT2D eigenvalue weighted by Gasteiger charge is -2.02. The highest BCUT2D eigenvalue weighted by Crippen LogP contribution is 2.38. The summed E-state index contributed by atoms with van der Waals surface area (Å²) in [6.45, 7) is 0. The summed E-state index contributed by atoms with van der Waals surface area (Å²) < 4.78 is 0. The lowest BCUT2D eigenvalue weighted by Crippen LogP contribution is -2.23. The summed E-state index contributed by atoms with van der Waals surface area (Å²) in [5.41, 5.74) is -3.48. The normalized spacial score (nSPS) is 10.6. The van der Waals surface area contributed by atoms with E-state index >= 15 is 0 Å². The number of hydrogen-bond donors (Lipinski definition) is 6. The largest absolute Gasteiger partial charge is 0.494 e. The van der Waals surface area contributed by atoms with Crippen LogP contribution >= 0.6 is 21.6 Å². The fourth-order valence-corrected chi connectivity index (χ4v) is 3.27. The zero-order valence-corrected chi connectivity index (χ0v) is 11.0. The number of aromatic amines is 4. The molecule has 106 valence electrons. The van der Waals surface area contributed by atoms with Gasteiger partial charge in [0, 0.05) is 0 Å². The van der Waals surface area contributed by atoms with E-state index in [1.54, 1.807) is 0 Å². The summed E-state index contributed by atoms with van der Waals surface area (Å²) in [4.78, 5) is 51.7. The Morgan fingerprint density at radius 2 is 1.00 bits per heavy atom. The summed E-state index contributed by atoms with van der Waals surface area (Å²) in [6.07, 6.45) is 0. The first-order valence-corrected chi connectivity index (χ1v) is 6.99. The summed E-state index contributed by atoms with van der Waals surface area (Å²) in [6, 6.07) is 0. The van der Waals surface area contributed by atoms with Crippen LogP contribution in [-0.2, 0) is 0 Å². The SMILES string of the molecule is O=c1[nH]c(O)c(SSc2c(O)[nH]c(=O)[nH]c2=O)c(=O)[nH]1. The fourth-order valence-electron chi connectivity index (χ4n) is 1.16. The molecule has 2 heterocycles. The number of aromatic nitrogens is 4. The predicted molar refractivity (Wildman–Crippen MR) is 70.4 cm³/mol. The average molecular weight is 318 g/mol. The minimum absolute atomic E-state index is 0.264. The van der Waals surface area contributed by atoms with Crippen molar-refractivity contribution in [1.29, 1.82) is 0 Å². The van der Waals surface area contributed by atoms with E-state index in [0.717, 1.165) is 0 Å². The minimum Gasteiger partial charge on any atom is -0.494 e. The van der Waals surface area contributed by atoms with Gasteiger partial charge in [0.15, 0.2) is 0 Å². The molecule has 20 heavy (non-hydrogen) atoms. The van der Waals surface area contributed by atoms with Crippen LogP contribution in [0, 0.1) is 0 Å². The second-order valence-electron chi connectivity index (χ2n) is 3.34. The van der Waals surface area contributed by atoms with Gasteiger partial charge < -0.3 is 10.2 Å². The van der Waals surface area contributed by atoms with Crippen LogP contribution in [0.15, 0.2) is 29.0 Å². The third-order valence-electron chi connectivity index (χ3n) is 1.97. The topological polar surface area (TPSA) is 172 Å². The molecule has 2 aromatic rings. The van der Waals surface area contributed by atoms with Crippen molar-refractivity contribution in [2.75, 3.05) is 0 Å². The van der Waals surface area contributed by atoms with Crippen LogP contribution < -0.4 is 22.5 Å². The highest BCUT2D eigenvalue weighted by Gasteiger charge is 2.15. The molecule has 6 N–H and O–H groups in total. The summed E-state index contributed by atoms with van der Waals surface area (Å²) in [5, 5.41) is 18.8. The van der Waals surface area contributed by atoms with E-state index in [2.05, 4.69) is 0 Å². The lowest BCUT2D eigenvalue weighted by atomic mass is 10.6. The molecule has 0 saturated carbocycles. The van der Waals surface area contributed by atoms with Crippen LogP contribution in [0.25, 0.3) is 0 Å². The average Bonchev–Trinajstić information content (AvgIpc) is 2.30. The first-order chi connectivity index (χ1) is 9.38. The zero-order chi connectivity index (χ0) is 14.9. The van der Waals surface area contributed by atoms with Crippen LogP contribution in [0.3, 0.4) is 0 Å². The van der Waals surface area contributed by atoms with E-state index in [1.807, 2.05) is 19.9 Å². The molecule has 2 rings (SSSR count). The van der Waals surface area contributed by atoms with Crippen molar-refractivity contribution in [2.45, 2.75) is 9.79 Å². The Morgan fingerprint density at radius 3 is 1.30 bits per heavy atom. The van der Waals surface area contributed by atoms with Crippen molar-refractivity contribution in [3.05, 3.63) is 41.7 Å². The standard InChI is InChI=1S/C8H6N4O6S2/c13-3-1(4(14)10-7(17)9-3)19-20-2-5(15)11-8(18)12-6(2)16/h(H3,9,10,13,14,17)(H3,11,12,15,16,18). The van der Waals surface area contributed by atoms with Crippen molar-refractivity contribution in [3.8, 4) is 11.8 Å². The molecule has 0 saturated heterocycles. The van der Waals surface area contributed by atoms with Crippen molar-refractivity contribution < 1.29 is 10.2 Å². The Labute approximate surface area is 115 Å². The molecule has 0 atom stereocenters. The van der Waals surface area contributed by atoms with Gasteiger partial charge in [-0.3, -0.25) is 29.5 Å². The maximum atomic E-state index is 11.4. The van der Waals surface area contributed by atoms with Gasteiger partial charge in [0.2, 0.25) is 11.8 Å². The zero-order valence-electron chi connectivity index (χ0n) is 9.34. The van der Waals surface area contributed by atoms with Crippen LogP contribution in [0.2, 0.25) is 0 Å². The van der Waals surface area contributed by atoms with E-state index in [9.17, 15) is 29.4 Å². The van der Waals surface area contributed by atoms with Gasteiger partial charge in [0.1, 0.15) is 9.79 Å². The molecule has 0 fully saturated rings. The smallest absolute Gasteiger partial charge is 0.328 e. The molecule has 0 unspecified atom stereocenters. The summed E-state index contributed by atoms with van der Waals surface area (Å²) in [5.74, 6) is -1.34. The minimum atomic E-state index is -0.883. The molecule has 0 aliphatic carbocycles. The van der Waals surface area contributed by atoms with Gasteiger partial charge in [0.05, 0.1) is 0 Å². The van der Waals surface area contributed by atoms with E-state index < -0.39 is 34.3 Å². The molecule has 0 aromatic carbocycles. The number of hydrogen-bond acceptors (Lipinski definition) is 8. The number of H-pyrrole nitrogens is 4. The van der Waals surface area contributed by atoms with E-state index in [1.165, 1.54) is 0 Å². The third-order valence-corrected chi connectivity index (χ3v) is 4.39. The number of aromatic hydroxyl groups is 2. The summed E-state index contributed by atoms with van der Waals surface area (Å²) >= 11 is 0. The second kappa shape index (κ2) is 5.34. The molecule has 10 nitrogen and oxygen atoms in total. The molecule has 12 heteroatoms. The molecule has 0 aliphatic heterocycles. The van der Waals surface area contributed by atoms with Gasteiger partial charge in [-0.15, -0.1) is 0 Å². The molecule has 0 spiro atoms. The van der Waals surface area contributed by atoms with Gasteiger partial charge in [-0.25, -0.2) is 9.59 Å². The monoisotopic (exact) mass is 318 g/mol. The van der Waals surface area contributed by atoms with E-state index in [-0.39, 0.29) is 9.79 Å². The molecular formula is C8H6N4O6S2. The number of nitrogens with one attached hydrogen (secondary N) is 4. The van der Waals surface area contributed by atoms with E-state index in [4.69, 9.17) is 0 Å². The maximum absolute atomic E-state index is 11.4. The van der Waals surface area contributed by atoms with Crippen LogP contribution in [0.4, 0.5) is 0 Å². The van der Waals surface area contributed by atoms with Gasteiger partial charge in [-0.05, 0) is 21.6 Å². The third kappa shape index (κ3) is 2.80. The Bertz CT molecular complexity index is 805. The van der Waals surface area contributed by atoms with Crippen LogP contribution in [-0.4, -0.2) is 30.1 Å². The highest BCUT2D eigenvalue weighted by molar-refractivity contribution is 8.76. The van der Waals surface area contributed by atoms with E-state index in [0.29, 0.717) is 21.6 Å². The molecule has 0 aliphatic rings. The van der Waals surface area contributed by atoms with Crippen molar-refractivity contribution >= 4 is 21.6 Å². The Hall–Kier alpha value is -2.34. The predicted octanol–water partition coefficient (Wildman–Crippen LogP) is -1.35. The van der Waals surface area contributed by atoms with Gasteiger partial charge in [0.25, 0.3) is 11.1 Å². The molecule has 0 bridgehead atoms. The van der Waals surface area contributed by atoms with Crippen molar-refractivity contribution in [3.63, 3.8) is 0 Å². The lowest BCUT2D eigenvalue weighted by molar-refractivity contribution is 0.432. The Kier molecular flexibility index (Phi) is 3.76. The van der Waals surface area contributed by atoms with Gasteiger partial charge in [-0.2, -0.15) is 0 Å². The van der Waals surface area contributed by atoms with Crippen molar-refractivity contribution in [1.82, 2.24) is 19.9 Å². The molecule has 0 amide bonds. The number of rotatable bonds is 3. The van der Waals surface area contributed by atoms with Crippen LogP contribution in [0.1, 0.15) is 0 Å². The fraction of sp³-hybridized carbons (Fsp3) is 0. The van der Waals surface area contributed by atoms with Gasteiger partial charge >= 0.3 is 11.4 Å². The van der Waals surface area contributed by atoms with Crippen LogP contribution in [0.5, 0.6) is 11.8 Å². The Morgan fingerprint density at radius 1 is 0.650 bits per heavy atom. The Balaban J connectivity index is 2.35. The van der Waals surface area contributed by atoms with Crippen molar-refractivity contribution in [2.24, 2.45) is 0 Å². The second-order valence-corrected chi connectivity index (χ2v) is 5.49. The highest BCUT2D eigenvalue weighted by atomic mass is 33.1. The molecule has 0 radical (unpaired) electrons. The molecule has 2 aromatic heterocycles. The van der Waals surface area contributed by atoms with Gasteiger partial charge in [-0.1, -0.05) is 0 Å².